The van der Waals surface area contributed by atoms with Crippen LogP contribution in [0.3, 0.4) is 0 Å². The summed E-state index contributed by atoms with van der Waals surface area (Å²) in [6.45, 7) is 0.000741. The second kappa shape index (κ2) is 4.50. The van der Waals surface area contributed by atoms with Gasteiger partial charge in [0.1, 0.15) is 5.52 Å². The molecule has 0 unspecified atom stereocenters. The highest BCUT2D eigenvalue weighted by atomic mass is 79.9. The fourth-order valence-electron chi connectivity index (χ4n) is 1.37. The number of nitrogens with one attached hydrogen (secondary N) is 2. The Labute approximate surface area is 103 Å². The maximum Gasteiger partial charge on any atom is 0.404 e. The normalized spacial score (nSPS) is 10.4. The van der Waals surface area contributed by atoms with E-state index in [0.717, 1.165) is 0 Å². The van der Waals surface area contributed by atoms with Crippen molar-refractivity contribution in [3.05, 3.63) is 32.8 Å². The topological polar surface area (TPSA) is 108 Å². The molecule has 2 aromatic rings. The third-order valence-electron chi connectivity index (χ3n) is 2.08. The number of hydrogen-bond acceptors (Lipinski definition) is 4. The molecule has 0 fully saturated rings. The summed E-state index contributed by atoms with van der Waals surface area (Å²) in [4.78, 5) is 25.8. The molecule has 0 saturated heterocycles. The van der Waals surface area contributed by atoms with E-state index < -0.39 is 11.7 Å². The van der Waals surface area contributed by atoms with E-state index in [0.29, 0.717) is 15.6 Å². The van der Waals surface area contributed by atoms with Crippen LogP contribution in [0.1, 0.15) is 5.69 Å². The van der Waals surface area contributed by atoms with Crippen LogP contribution in [-0.4, -0.2) is 26.4 Å². The Morgan fingerprint density at radius 2 is 2.35 bits per heavy atom. The van der Waals surface area contributed by atoms with Crippen LogP contribution in [0, 0.1) is 0 Å². The van der Waals surface area contributed by atoms with E-state index in [1.807, 2.05) is 0 Å². The van der Waals surface area contributed by atoms with Gasteiger partial charge in [0.25, 0.3) is 5.56 Å². The Balaban J connectivity index is 2.56. The average Bonchev–Trinajstić information content (AvgIpc) is 2.28. The SMILES string of the molecule is O=C(O)NCc1n[nH]c(=O)c2ncc(Br)cc12. The number of aromatic nitrogens is 3. The van der Waals surface area contributed by atoms with Gasteiger partial charge in [-0.1, -0.05) is 0 Å². The third-order valence-corrected chi connectivity index (χ3v) is 2.51. The molecule has 3 N–H and O–H groups in total. The van der Waals surface area contributed by atoms with Crippen molar-refractivity contribution in [2.45, 2.75) is 6.54 Å². The highest BCUT2D eigenvalue weighted by molar-refractivity contribution is 9.10. The van der Waals surface area contributed by atoms with E-state index >= 15 is 0 Å². The zero-order valence-electron chi connectivity index (χ0n) is 8.40. The first kappa shape index (κ1) is 11.5. The zero-order chi connectivity index (χ0) is 12.4. The maximum absolute atomic E-state index is 11.4. The molecule has 88 valence electrons. The number of fused-ring (bicyclic) bond motifs is 1. The Morgan fingerprint density at radius 1 is 1.59 bits per heavy atom. The zero-order valence-corrected chi connectivity index (χ0v) is 9.98. The Hall–Kier alpha value is -1.96. The van der Waals surface area contributed by atoms with Crippen molar-refractivity contribution in [3.63, 3.8) is 0 Å². The van der Waals surface area contributed by atoms with Gasteiger partial charge in [0.15, 0.2) is 0 Å². The predicted molar refractivity (Wildman–Crippen MR) is 62.7 cm³/mol. The number of H-pyrrole nitrogens is 1. The summed E-state index contributed by atoms with van der Waals surface area (Å²) in [5.74, 6) is 0. The molecule has 0 bridgehead atoms. The minimum atomic E-state index is -1.16. The standard InChI is InChI=1S/C9H7BrN4O3/c10-4-1-5-6(3-12-9(16)17)13-14-8(15)7(5)11-2-4/h1-2,12H,3H2,(H,14,15)(H,16,17). The smallest absolute Gasteiger partial charge is 0.404 e. The molecule has 0 radical (unpaired) electrons. The van der Waals surface area contributed by atoms with Crippen LogP contribution in [-0.2, 0) is 6.54 Å². The molecule has 2 aromatic heterocycles. The van der Waals surface area contributed by atoms with Gasteiger partial charge in [-0.05, 0) is 22.0 Å². The first-order valence-electron chi connectivity index (χ1n) is 4.57. The molecular formula is C9H7BrN4O3. The van der Waals surface area contributed by atoms with E-state index in [-0.39, 0.29) is 12.1 Å². The highest BCUT2D eigenvalue weighted by Crippen LogP contribution is 2.16. The number of carbonyl (C=O) groups is 1. The molecule has 8 heteroatoms. The lowest BCUT2D eigenvalue weighted by atomic mass is 10.2. The molecule has 0 aliphatic carbocycles. The summed E-state index contributed by atoms with van der Waals surface area (Å²) in [7, 11) is 0. The van der Waals surface area contributed by atoms with E-state index in [2.05, 4.69) is 36.4 Å². The molecule has 7 nitrogen and oxygen atoms in total. The molecule has 0 aliphatic rings. The van der Waals surface area contributed by atoms with Crippen molar-refractivity contribution in [2.24, 2.45) is 0 Å². The lowest BCUT2D eigenvalue weighted by molar-refractivity contribution is 0.194. The number of carboxylic acid groups (broad SMARTS) is 1. The number of hydrogen-bond donors (Lipinski definition) is 3. The molecular weight excluding hydrogens is 292 g/mol. The van der Waals surface area contributed by atoms with Gasteiger partial charge in [-0.25, -0.2) is 14.9 Å². The van der Waals surface area contributed by atoms with Crippen LogP contribution in [0.25, 0.3) is 10.9 Å². The molecule has 0 spiro atoms. The molecule has 2 heterocycles. The second-order valence-corrected chi connectivity index (χ2v) is 4.12. The van der Waals surface area contributed by atoms with Crippen LogP contribution < -0.4 is 10.9 Å². The molecule has 2 rings (SSSR count). The van der Waals surface area contributed by atoms with Gasteiger partial charge in [0.2, 0.25) is 0 Å². The Bertz CT molecular complexity index is 640. The van der Waals surface area contributed by atoms with Crippen molar-refractivity contribution in [2.75, 3.05) is 0 Å². The van der Waals surface area contributed by atoms with Crippen molar-refractivity contribution in [3.8, 4) is 0 Å². The van der Waals surface area contributed by atoms with Gasteiger partial charge in [0.05, 0.1) is 12.2 Å². The number of pyridine rings is 1. The summed E-state index contributed by atoms with van der Waals surface area (Å²) in [6, 6.07) is 1.67. The van der Waals surface area contributed by atoms with E-state index in [9.17, 15) is 9.59 Å². The summed E-state index contributed by atoms with van der Waals surface area (Å²) in [5.41, 5.74) is 0.229. The summed E-state index contributed by atoms with van der Waals surface area (Å²) < 4.78 is 0.689. The molecule has 0 aliphatic heterocycles. The first-order chi connectivity index (χ1) is 8.08. The van der Waals surface area contributed by atoms with Crippen LogP contribution in [0.15, 0.2) is 21.5 Å². The fraction of sp³-hybridized carbons (Fsp3) is 0.111. The number of aromatic amines is 1. The molecule has 0 aromatic carbocycles. The minimum absolute atomic E-state index is 0.000741. The second-order valence-electron chi connectivity index (χ2n) is 3.21. The van der Waals surface area contributed by atoms with Crippen molar-refractivity contribution in [1.29, 1.82) is 0 Å². The average molecular weight is 299 g/mol. The number of halogens is 1. The first-order valence-corrected chi connectivity index (χ1v) is 5.37. The van der Waals surface area contributed by atoms with Crippen molar-refractivity contribution < 1.29 is 9.90 Å². The predicted octanol–water partition coefficient (Wildman–Crippen LogP) is 0.848. The summed E-state index contributed by atoms with van der Waals surface area (Å²) in [6.07, 6.45) is 0.334. The van der Waals surface area contributed by atoms with E-state index in [1.54, 1.807) is 6.07 Å². The fourth-order valence-corrected chi connectivity index (χ4v) is 1.70. The van der Waals surface area contributed by atoms with E-state index in [1.165, 1.54) is 6.20 Å². The van der Waals surface area contributed by atoms with Crippen LogP contribution in [0.4, 0.5) is 4.79 Å². The van der Waals surface area contributed by atoms with Crippen LogP contribution in [0.2, 0.25) is 0 Å². The van der Waals surface area contributed by atoms with Gasteiger partial charge >= 0.3 is 6.09 Å². The third kappa shape index (κ3) is 2.41. The number of rotatable bonds is 2. The summed E-state index contributed by atoms with van der Waals surface area (Å²) >= 11 is 3.23. The van der Waals surface area contributed by atoms with Gasteiger partial charge in [-0.15, -0.1) is 0 Å². The lowest BCUT2D eigenvalue weighted by Gasteiger charge is -2.04. The highest BCUT2D eigenvalue weighted by Gasteiger charge is 2.09. The monoisotopic (exact) mass is 298 g/mol. The molecule has 0 atom stereocenters. The Morgan fingerprint density at radius 3 is 3.06 bits per heavy atom. The maximum atomic E-state index is 11.4. The molecule has 1 amide bonds. The number of amides is 1. The van der Waals surface area contributed by atoms with Gasteiger partial charge < -0.3 is 10.4 Å². The van der Waals surface area contributed by atoms with Gasteiger partial charge in [0, 0.05) is 16.1 Å². The molecule has 0 saturated carbocycles. The van der Waals surface area contributed by atoms with Gasteiger partial charge in [-0.2, -0.15) is 5.10 Å². The lowest BCUT2D eigenvalue weighted by Crippen LogP contribution is -2.22. The van der Waals surface area contributed by atoms with Gasteiger partial charge in [-0.3, -0.25) is 4.79 Å². The van der Waals surface area contributed by atoms with E-state index in [4.69, 9.17) is 5.11 Å². The van der Waals surface area contributed by atoms with Crippen LogP contribution in [0.5, 0.6) is 0 Å². The van der Waals surface area contributed by atoms with Crippen LogP contribution >= 0.6 is 15.9 Å². The number of nitrogens with zero attached hydrogens (tertiary/aromatic N) is 2. The molecule has 17 heavy (non-hydrogen) atoms. The largest absolute Gasteiger partial charge is 0.465 e. The summed E-state index contributed by atoms with van der Waals surface area (Å²) in [5, 5.41) is 17.3. The van der Waals surface area contributed by atoms with Crippen molar-refractivity contribution in [1.82, 2.24) is 20.5 Å². The quantitative estimate of drug-likeness (QED) is 0.762. The Kier molecular flexibility index (Phi) is 3.05. The van der Waals surface area contributed by atoms with Crippen molar-refractivity contribution >= 4 is 32.9 Å². The minimum Gasteiger partial charge on any atom is -0.465 e.